The molecule has 0 unspecified atom stereocenters. The zero-order valence-corrected chi connectivity index (χ0v) is 13.7. The molecule has 0 aliphatic heterocycles. The van der Waals surface area contributed by atoms with Crippen LogP contribution < -0.4 is 10.7 Å². The predicted molar refractivity (Wildman–Crippen MR) is 96.3 cm³/mol. The van der Waals surface area contributed by atoms with Gasteiger partial charge in [-0.05, 0) is 31.1 Å². The third-order valence-electron chi connectivity index (χ3n) is 4.24. The Labute approximate surface area is 136 Å². The lowest BCUT2D eigenvalue weighted by Crippen LogP contribution is -2.40. The largest absolute Gasteiger partial charge is 0.359 e. The van der Waals surface area contributed by atoms with Crippen molar-refractivity contribution in [1.82, 2.24) is 15.3 Å². The van der Waals surface area contributed by atoms with Crippen molar-refractivity contribution in [2.75, 3.05) is 0 Å². The first-order valence-corrected chi connectivity index (χ1v) is 8.28. The highest BCUT2D eigenvalue weighted by Crippen LogP contribution is 2.18. The molecule has 0 bridgehead atoms. The van der Waals surface area contributed by atoms with Gasteiger partial charge in [-0.2, -0.15) is 5.10 Å². The summed E-state index contributed by atoms with van der Waals surface area (Å²) in [6, 6.07) is 8.80. The minimum atomic E-state index is 0.501. The van der Waals surface area contributed by atoms with Crippen LogP contribution in [0.2, 0.25) is 0 Å². The van der Waals surface area contributed by atoms with Crippen LogP contribution in [-0.2, 0) is 7.05 Å². The van der Waals surface area contributed by atoms with Gasteiger partial charge >= 0.3 is 0 Å². The van der Waals surface area contributed by atoms with Gasteiger partial charge in [-0.15, -0.1) is 0 Å². The summed E-state index contributed by atoms with van der Waals surface area (Å²) in [4.78, 5) is 0. The predicted octanol–water partition coefficient (Wildman–Crippen LogP) is 3.31. The molecule has 0 saturated heterocycles. The molecule has 0 atom stereocenters. The molecule has 0 radical (unpaired) electrons. The van der Waals surface area contributed by atoms with Crippen LogP contribution in [0.3, 0.4) is 0 Å². The lowest BCUT2D eigenvalue weighted by atomic mass is 9.96. The van der Waals surface area contributed by atoms with E-state index in [2.05, 4.69) is 38.7 Å². The minimum absolute atomic E-state index is 0.501. The van der Waals surface area contributed by atoms with Gasteiger partial charge in [0.2, 0.25) is 0 Å². The molecule has 0 spiro atoms. The van der Waals surface area contributed by atoms with Crippen molar-refractivity contribution in [1.29, 1.82) is 0 Å². The van der Waals surface area contributed by atoms with Crippen molar-refractivity contribution in [3.05, 3.63) is 36.0 Å². The molecular weight excluding hydrogens is 292 g/mol. The number of fused-ring (bicyclic) bond motifs is 1. The fourth-order valence-corrected chi connectivity index (χ4v) is 3.32. The average molecular weight is 314 g/mol. The van der Waals surface area contributed by atoms with Gasteiger partial charge in [0.25, 0.3) is 0 Å². The zero-order chi connectivity index (χ0) is 15.4. The maximum Gasteiger partial charge on any atom is 0.187 e. The van der Waals surface area contributed by atoms with Crippen molar-refractivity contribution in [3.8, 4) is 0 Å². The van der Waals surface area contributed by atoms with E-state index in [-0.39, 0.29) is 0 Å². The Morgan fingerprint density at radius 1 is 1.27 bits per heavy atom. The molecule has 4 nitrogen and oxygen atoms in total. The standard InChI is InChI=1S/C17H22N4S/c1-21-12-13(15-9-5-6-10-16(15)21)11-18-20-17(22)19-14-7-3-2-4-8-14/h5-6,9-12,14H,2-4,7-8H2,1H3,(H2,19,20,22)/b18-11-. The van der Waals surface area contributed by atoms with Crippen LogP contribution >= 0.6 is 12.2 Å². The summed E-state index contributed by atoms with van der Waals surface area (Å²) in [5, 5.41) is 9.44. The van der Waals surface area contributed by atoms with Gasteiger partial charge in [-0.25, -0.2) is 0 Å². The molecule has 3 rings (SSSR count). The number of para-hydroxylation sites is 1. The molecule has 1 aromatic heterocycles. The summed E-state index contributed by atoms with van der Waals surface area (Å²) < 4.78 is 2.11. The summed E-state index contributed by atoms with van der Waals surface area (Å²) in [6.07, 6.45) is 10.2. The molecule has 2 aromatic rings. The fourth-order valence-electron chi connectivity index (χ4n) is 3.10. The maximum atomic E-state index is 5.31. The maximum absolute atomic E-state index is 5.31. The monoisotopic (exact) mass is 314 g/mol. The van der Waals surface area contributed by atoms with E-state index in [1.54, 1.807) is 0 Å². The average Bonchev–Trinajstić information content (AvgIpc) is 2.85. The number of aryl methyl sites for hydroxylation is 1. The molecule has 1 aliphatic carbocycles. The highest BCUT2D eigenvalue weighted by molar-refractivity contribution is 7.80. The second-order valence-electron chi connectivity index (χ2n) is 5.89. The number of rotatable bonds is 3. The van der Waals surface area contributed by atoms with E-state index in [1.165, 1.54) is 43.0 Å². The molecule has 116 valence electrons. The molecule has 2 N–H and O–H groups in total. The van der Waals surface area contributed by atoms with Gasteiger partial charge < -0.3 is 9.88 Å². The molecule has 22 heavy (non-hydrogen) atoms. The van der Waals surface area contributed by atoms with E-state index in [1.807, 2.05) is 25.4 Å². The number of nitrogens with zero attached hydrogens (tertiary/aromatic N) is 2. The van der Waals surface area contributed by atoms with Crippen molar-refractivity contribution in [3.63, 3.8) is 0 Å². The number of hydrogen-bond acceptors (Lipinski definition) is 2. The molecular formula is C17H22N4S. The molecule has 1 aromatic carbocycles. The lowest BCUT2D eigenvalue weighted by molar-refractivity contribution is 0.412. The Hall–Kier alpha value is -1.88. The van der Waals surface area contributed by atoms with Crippen LogP contribution in [0.25, 0.3) is 10.9 Å². The highest BCUT2D eigenvalue weighted by atomic mass is 32.1. The third kappa shape index (κ3) is 3.47. The summed E-state index contributed by atoms with van der Waals surface area (Å²) in [5.41, 5.74) is 5.22. The van der Waals surface area contributed by atoms with Crippen LogP contribution in [0.4, 0.5) is 0 Å². The summed E-state index contributed by atoms with van der Waals surface area (Å²) in [6.45, 7) is 0. The molecule has 1 fully saturated rings. The van der Waals surface area contributed by atoms with E-state index in [9.17, 15) is 0 Å². The number of aromatic nitrogens is 1. The van der Waals surface area contributed by atoms with Crippen LogP contribution in [0.1, 0.15) is 37.7 Å². The van der Waals surface area contributed by atoms with E-state index in [0.717, 1.165) is 5.56 Å². The minimum Gasteiger partial charge on any atom is -0.359 e. The van der Waals surface area contributed by atoms with Gasteiger partial charge in [0.15, 0.2) is 5.11 Å². The van der Waals surface area contributed by atoms with Crippen molar-refractivity contribution < 1.29 is 0 Å². The fraction of sp³-hybridized carbons (Fsp3) is 0.412. The summed E-state index contributed by atoms with van der Waals surface area (Å²) in [7, 11) is 2.04. The number of benzene rings is 1. The Morgan fingerprint density at radius 2 is 2.05 bits per heavy atom. The Morgan fingerprint density at radius 3 is 2.86 bits per heavy atom. The van der Waals surface area contributed by atoms with E-state index < -0.39 is 0 Å². The van der Waals surface area contributed by atoms with E-state index in [4.69, 9.17) is 12.2 Å². The van der Waals surface area contributed by atoms with Crippen LogP contribution in [0.5, 0.6) is 0 Å². The Kier molecular flexibility index (Phi) is 4.73. The van der Waals surface area contributed by atoms with Gasteiger partial charge in [0, 0.05) is 35.8 Å². The first-order valence-electron chi connectivity index (χ1n) is 7.87. The topological polar surface area (TPSA) is 41.4 Å². The Balaban J connectivity index is 1.60. The molecule has 5 heteroatoms. The van der Waals surface area contributed by atoms with Crippen molar-refractivity contribution in [2.45, 2.75) is 38.1 Å². The van der Waals surface area contributed by atoms with Crippen molar-refractivity contribution >= 4 is 34.4 Å². The second-order valence-corrected chi connectivity index (χ2v) is 6.30. The van der Waals surface area contributed by atoms with E-state index >= 15 is 0 Å². The van der Waals surface area contributed by atoms with Gasteiger partial charge in [0.1, 0.15) is 0 Å². The van der Waals surface area contributed by atoms with E-state index in [0.29, 0.717) is 11.2 Å². The summed E-state index contributed by atoms with van der Waals surface area (Å²) >= 11 is 5.31. The number of thiocarbonyl (C=S) groups is 1. The SMILES string of the molecule is Cn1cc(/C=N\NC(=S)NC2CCCCC2)c2ccccc21. The summed E-state index contributed by atoms with van der Waals surface area (Å²) in [5.74, 6) is 0. The van der Waals surface area contributed by atoms with Crippen LogP contribution in [0, 0.1) is 0 Å². The quantitative estimate of drug-likeness (QED) is 0.519. The second kappa shape index (κ2) is 6.92. The van der Waals surface area contributed by atoms with Crippen LogP contribution in [0.15, 0.2) is 35.6 Å². The lowest BCUT2D eigenvalue weighted by Gasteiger charge is -2.23. The third-order valence-corrected chi connectivity index (χ3v) is 4.45. The number of hydrogen-bond donors (Lipinski definition) is 2. The molecule has 1 heterocycles. The number of hydrazone groups is 1. The normalized spacial score (nSPS) is 16.2. The van der Waals surface area contributed by atoms with Gasteiger partial charge in [0.05, 0.1) is 6.21 Å². The van der Waals surface area contributed by atoms with Crippen molar-refractivity contribution in [2.24, 2.45) is 12.1 Å². The highest BCUT2D eigenvalue weighted by Gasteiger charge is 2.13. The van der Waals surface area contributed by atoms with Crippen LogP contribution in [-0.4, -0.2) is 21.9 Å². The first kappa shape index (κ1) is 15.0. The molecule has 1 aliphatic rings. The zero-order valence-electron chi connectivity index (χ0n) is 12.9. The Bertz CT molecular complexity index is 683. The first-order chi connectivity index (χ1) is 10.7. The molecule has 1 saturated carbocycles. The van der Waals surface area contributed by atoms with Gasteiger partial charge in [-0.1, -0.05) is 37.5 Å². The molecule has 0 amide bonds. The smallest absolute Gasteiger partial charge is 0.187 e. The van der Waals surface area contributed by atoms with Gasteiger partial charge in [-0.3, -0.25) is 5.43 Å². The number of nitrogens with one attached hydrogen (secondary N) is 2.